The van der Waals surface area contributed by atoms with Crippen molar-refractivity contribution in [2.75, 3.05) is 21.3 Å². The van der Waals surface area contributed by atoms with Crippen molar-refractivity contribution < 1.29 is 14.2 Å². The normalized spacial score (nSPS) is 14.7. The summed E-state index contributed by atoms with van der Waals surface area (Å²) in [6.45, 7) is 1.33. The van der Waals surface area contributed by atoms with Crippen molar-refractivity contribution >= 4 is 17.3 Å². The highest BCUT2D eigenvalue weighted by molar-refractivity contribution is 7.80. The van der Waals surface area contributed by atoms with Crippen molar-refractivity contribution in [2.45, 2.75) is 64.1 Å². The van der Waals surface area contributed by atoms with Gasteiger partial charge in [0.15, 0.2) is 16.6 Å². The van der Waals surface area contributed by atoms with Crippen LogP contribution in [0.3, 0.4) is 0 Å². The van der Waals surface area contributed by atoms with E-state index in [0.29, 0.717) is 29.8 Å². The Balaban J connectivity index is 1.83. The summed E-state index contributed by atoms with van der Waals surface area (Å²) < 4.78 is 16.8. The maximum absolute atomic E-state index is 5.94. The standard InChI is InChI=1S/C26H36N2O3S/c1-29-23-17-16-21(24(30-2)25(23)31-3)19-28(18-20-12-8-7-9-13-20)26(32)27-22-14-10-5-4-6-11-15-22/h7-9,12-13,16-17,22H,4-6,10-11,14-15,18-19H2,1-3H3,(H,27,32). The molecule has 0 radical (unpaired) electrons. The Hall–Kier alpha value is -2.47. The Morgan fingerprint density at radius 3 is 2.12 bits per heavy atom. The number of rotatable bonds is 8. The largest absolute Gasteiger partial charge is 0.493 e. The molecule has 0 bridgehead atoms. The number of benzene rings is 2. The van der Waals surface area contributed by atoms with Crippen molar-refractivity contribution in [3.05, 3.63) is 53.6 Å². The van der Waals surface area contributed by atoms with Gasteiger partial charge in [0.2, 0.25) is 5.75 Å². The molecule has 1 aliphatic carbocycles. The molecule has 3 rings (SSSR count). The molecule has 2 aromatic rings. The Morgan fingerprint density at radius 2 is 1.50 bits per heavy atom. The van der Waals surface area contributed by atoms with Gasteiger partial charge in [0, 0.05) is 24.7 Å². The molecule has 32 heavy (non-hydrogen) atoms. The molecule has 0 saturated heterocycles. The molecule has 2 aromatic carbocycles. The number of hydrogen-bond acceptors (Lipinski definition) is 4. The van der Waals surface area contributed by atoms with Crippen molar-refractivity contribution in [2.24, 2.45) is 0 Å². The van der Waals surface area contributed by atoms with Crippen molar-refractivity contribution in [3.8, 4) is 17.2 Å². The lowest BCUT2D eigenvalue weighted by Gasteiger charge is -2.31. The Labute approximate surface area is 198 Å². The third-order valence-electron chi connectivity index (χ3n) is 6.08. The van der Waals surface area contributed by atoms with Crippen LogP contribution in [0.15, 0.2) is 42.5 Å². The van der Waals surface area contributed by atoms with E-state index in [2.05, 4.69) is 34.5 Å². The van der Waals surface area contributed by atoms with E-state index in [1.165, 1.54) is 50.5 Å². The quantitative estimate of drug-likeness (QED) is 0.514. The van der Waals surface area contributed by atoms with Gasteiger partial charge in [0.1, 0.15) is 0 Å². The second-order valence-electron chi connectivity index (χ2n) is 8.33. The summed E-state index contributed by atoms with van der Waals surface area (Å²) in [6, 6.07) is 14.8. The Bertz CT molecular complexity index is 852. The number of nitrogens with one attached hydrogen (secondary N) is 1. The highest BCUT2D eigenvalue weighted by atomic mass is 32.1. The van der Waals surface area contributed by atoms with E-state index in [1.807, 2.05) is 18.2 Å². The Morgan fingerprint density at radius 1 is 0.844 bits per heavy atom. The van der Waals surface area contributed by atoms with Crippen molar-refractivity contribution in [1.82, 2.24) is 10.2 Å². The molecule has 0 heterocycles. The van der Waals surface area contributed by atoms with E-state index in [1.54, 1.807) is 21.3 Å². The minimum atomic E-state index is 0.438. The van der Waals surface area contributed by atoms with Crippen LogP contribution in [-0.2, 0) is 13.1 Å². The summed E-state index contributed by atoms with van der Waals surface area (Å²) in [7, 11) is 4.92. The van der Waals surface area contributed by atoms with Gasteiger partial charge in [-0.2, -0.15) is 0 Å². The van der Waals surface area contributed by atoms with Gasteiger partial charge in [-0.3, -0.25) is 0 Å². The van der Waals surface area contributed by atoms with Gasteiger partial charge in [-0.05, 0) is 42.8 Å². The topological polar surface area (TPSA) is 43.0 Å². The van der Waals surface area contributed by atoms with Gasteiger partial charge in [-0.1, -0.05) is 62.4 Å². The number of ether oxygens (including phenoxy) is 3. The van der Waals surface area contributed by atoms with Gasteiger partial charge in [-0.15, -0.1) is 0 Å². The highest BCUT2D eigenvalue weighted by Gasteiger charge is 2.21. The summed E-state index contributed by atoms with van der Waals surface area (Å²) in [6.07, 6.45) is 8.89. The maximum Gasteiger partial charge on any atom is 0.203 e. The first kappa shape index (κ1) is 24.2. The van der Waals surface area contributed by atoms with Gasteiger partial charge in [-0.25, -0.2) is 0 Å². The third-order valence-corrected chi connectivity index (χ3v) is 6.46. The fourth-order valence-electron chi connectivity index (χ4n) is 4.36. The van der Waals surface area contributed by atoms with Gasteiger partial charge in [0.25, 0.3) is 0 Å². The molecule has 1 aliphatic rings. The van der Waals surface area contributed by atoms with Crippen molar-refractivity contribution in [1.29, 1.82) is 0 Å². The first-order valence-corrected chi connectivity index (χ1v) is 11.9. The lowest BCUT2D eigenvalue weighted by Crippen LogP contribution is -2.44. The number of thiocarbonyl (C=S) groups is 1. The molecule has 6 heteroatoms. The smallest absolute Gasteiger partial charge is 0.203 e. The van der Waals surface area contributed by atoms with Crippen LogP contribution >= 0.6 is 12.2 Å². The fourth-order valence-corrected chi connectivity index (χ4v) is 4.66. The summed E-state index contributed by atoms with van der Waals surface area (Å²) >= 11 is 5.94. The van der Waals surface area contributed by atoms with Gasteiger partial charge in [0.05, 0.1) is 21.3 Å². The SMILES string of the molecule is COc1ccc(CN(Cc2ccccc2)C(=S)NC2CCCCCCC2)c(OC)c1OC. The van der Waals surface area contributed by atoms with Crippen LogP contribution in [0.25, 0.3) is 0 Å². The average Bonchev–Trinajstić information content (AvgIpc) is 2.80. The van der Waals surface area contributed by atoms with E-state index in [9.17, 15) is 0 Å². The fraction of sp³-hybridized carbons (Fsp3) is 0.500. The van der Waals surface area contributed by atoms with Crippen LogP contribution in [0.1, 0.15) is 56.1 Å². The predicted octanol–water partition coefficient (Wildman–Crippen LogP) is 5.70. The number of hydrogen-bond donors (Lipinski definition) is 1. The molecule has 0 spiro atoms. The Kier molecular flexibility index (Phi) is 9.47. The molecule has 0 amide bonds. The summed E-state index contributed by atoms with van der Waals surface area (Å²) in [5, 5.41) is 4.46. The predicted molar refractivity (Wildman–Crippen MR) is 134 cm³/mol. The number of nitrogens with zero attached hydrogens (tertiary/aromatic N) is 1. The van der Waals surface area contributed by atoms with E-state index in [-0.39, 0.29) is 0 Å². The number of methoxy groups -OCH3 is 3. The molecule has 1 fully saturated rings. The van der Waals surface area contributed by atoms with E-state index >= 15 is 0 Å². The van der Waals surface area contributed by atoms with Crippen LogP contribution in [0.4, 0.5) is 0 Å². The van der Waals surface area contributed by atoms with Crippen LogP contribution in [-0.4, -0.2) is 37.4 Å². The minimum Gasteiger partial charge on any atom is -0.493 e. The van der Waals surface area contributed by atoms with Crippen molar-refractivity contribution in [3.63, 3.8) is 0 Å². The molecule has 0 aromatic heterocycles. The van der Waals surface area contributed by atoms with E-state index in [0.717, 1.165) is 17.2 Å². The zero-order chi connectivity index (χ0) is 22.8. The zero-order valence-corrected chi connectivity index (χ0v) is 20.4. The molecule has 1 N–H and O–H groups in total. The molecule has 5 nitrogen and oxygen atoms in total. The second kappa shape index (κ2) is 12.5. The summed E-state index contributed by atoms with van der Waals surface area (Å²) in [5.74, 6) is 1.93. The second-order valence-corrected chi connectivity index (χ2v) is 8.71. The van der Waals surface area contributed by atoms with Crippen LogP contribution in [0, 0.1) is 0 Å². The highest BCUT2D eigenvalue weighted by Crippen LogP contribution is 2.40. The first-order valence-electron chi connectivity index (χ1n) is 11.5. The van der Waals surface area contributed by atoms with Crippen LogP contribution in [0.2, 0.25) is 0 Å². The third kappa shape index (κ3) is 6.52. The lowest BCUT2D eigenvalue weighted by atomic mass is 9.97. The molecule has 0 unspecified atom stereocenters. The summed E-state index contributed by atoms with van der Waals surface area (Å²) in [4.78, 5) is 2.22. The van der Waals surface area contributed by atoms with E-state index in [4.69, 9.17) is 26.4 Å². The van der Waals surface area contributed by atoms with Gasteiger partial charge < -0.3 is 24.4 Å². The maximum atomic E-state index is 5.94. The van der Waals surface area contributed by atoms with Crippen LogP contribution < -0.4 is 19.5 Å². The summed E-state index contributed by atoms with van der Waals surface area (Å²) in [5.41, 5.74) is 2.22. The molecule has 174 valence electrons. The monoisotopic (exact) mass is 456 g/mol. The molecular weight excluding hydrogens is 420 g/mol. The average molecular weight is 457 g/mol. The van der Waals surface area contributed by atoms with E-state index < -0.39 is 0 Å². The lowest BCUT2D eigenvalue weighted by molar-refractivity contribution is 0.315. The zero-order valence-electron chi connectivity index (χ0n) is 19.6. The minimum absolute atomic E-state index is 0.438. The molecule has 1 saturated carbocycles. The first-order chi connectivity index (χ1) is 15.7. The molecule has 0 atom stereocenters. The van der Waals surface area contributed by atoms with Crippen LogP contribution in [0.5, 0.6) is 17.2 Å². The molecular formula is C26H36N2O3S. The molecule has 0 aliphatic heterocycles. The van der Waals surface area contributed by atoms with Gasteiger partial charge >= 0.3 is 0 Å².